The molecule has 98 valence electrons. The zero-order chi connectivity index (χ0) is 11.7. The summed E-state index contributed by atoms with van der Waals surface area (Å²) in [5, 5.41) is 3.24. The van der Waals surface area contributed by atoms with Crippen molar-refractivity contribution in [2.24, 2.45) is 0 Å². The van der Waals surface area contributed by atoms with Gasteiger partial charge in [0.15, 0.2) is 6.10 Å². The fourth-order valence-corrected chi connectivity index (χ4v) is 2.41. The normalized spacial score (nSPS) is 21.8. The van der Waals surface area contributed by atoms with Crippen LogP contribution in [0.25, 0.3) is 0 Å². The summed E-state index contributed by atoms with van der Waals surface area (Å²) in [7, 11) is 0. The molecule has 0 radical (unpaired) electrons. The molecule has 1 saturated heterocycles. The molecule has 0 spiro atoms. The molecule has 1 unspecified atom stereocenters. The third kappa shape index (κ3) is 2.44. The lowest BCUT2D eigenvalue weighted by Gasteiger charge is -2.29. The summed E-state index contributed by atoms with van der Waals surface area (Å²) in [5.74, 6) is 0.990. The lowest BCUT2D eigenvalue weighted by atomic mass is 10.1. The van der Waals surface area contributed by atoms with Gasteiger partial charge in [-0.15, -0.1) is 12.4 Å². The summed E-state index contributed by atoms with van der Waals surface area (Å²) in [4.78, 5) is 14.1. The van der Waals surface area contributed by atoms with Crippen molar-refractivity contribution in [3.8, 4) is 5.75 Å². The smallest absolute Gasteiger partial charge is 0.264 e. The van der Waals surface area contributed by atoms with Crippen molar-refractivity contribution >= 4 is 18.3 Å². The first kappa shape index (κ1) is 13.2. The van der Waals surface area contributed by atoms with Crippen molar-refractivity contribution in [3.63, 3.8) is 0 Å². The van der Waals surface area contributed by atoms with E-state index >= 15 is 0 Å². The number of piperazine rings is 1. The molecule has 1 aromatic carbocycles. The molecular weight excluding hydrogens is 252 g/mol. The van der Waals surface area contributed by atoms with Crippen LogP contribution in [0.2, 0.25) is 0 Å². The molecule has 2 heterocycles. The van der Waals surface area contributed by atoms with Crippen LogP contribution in [-0.4, -0.2) is 43.1 Å². The van der Waals surface area contributed by atoms with Gasteiger partial charge in [-0.25, -0.2) is 0 Å². The van der Waals surface area contributed by atoms with Crippen molar-refractivity contribution in [2.45, 2.75) is 12.5 Å². The van der Waals surface area contributed by atoms with Crippen molar-refractivity contribution in [3.05, 3.63) is 29.8 Å². The van der Waals surface area contributed by atoms with Crippen LogP contribution in [0.1, 0.15) is 5.56 Å². The average molecular weight is 269 g/mol. The Balaban J connectivity index is 0.00000120. The van der Waals surface area contributed by atoms with E-state index in [2.05, 4.69) is 5.32 Å². The highest BCUT2D eigenvalue weighted by atomic mass is 35.5. The van der Waals surface area contributed by atoms with Crippen LogP contribution < -0.4 is 10.1 Å². The number of ether oxygens (including phenoxy) is 1. The molecule has 0 saturated carbocycles. The number of hydrogen-bond acceptors (Lipinski definition) is 3. The first-order valence-electron chi connectivity index (χ1n) is 6.08. The summed E-state index contributed by atoms with van der Waals surface area (Å²) in [6.45, 7) is 3.33. The Kier molecular flexibility index (Phi) is 4.09. The van der Waals surface area contributed by atoms with E-state index in [-0.39, 0.29) is 24.4 Å². The van der Waals surface area contributed by atoms with Gasteiger partial charge in [0.05, 0.1) is 0 Å². The quantitative estimate of drug-likeness (QED) is 0.821. The Bertz CT molecular complexity index is 408. The Hall–Kier alpha value is -1.26. The van der Waals surface area contributed by atoms with Gasteiger partial charge in [0.1, 0.15) is 5.75 Å². The number of halogens is 1. The van der Waals surface area contributed by atoms with Gasteiger partial charge in [0.25, 0.3) is 5.91 Å². The summed E-state index contributed by atoms with van der Waals surface area (Å²) in [6, 6.07) is 7.89. The maximum atomic E-state index is 12.2. The second-order valence-electron chi connectivity index (χ2n) is 4.49. The second-order valence-corrected chi connectivity index (χ2v) is 4.49. The molecule has 4 nitrogen and oxygen atoms in total. The number of hydrogen-bond donors (Lipinski definition) is 1. The predicted molar refractivity (Wildman–Crippen MR) is 71.3 cm³/mol. The van der Waals surface area contributed by atoms with Crippen LogP contribution >= 0.6 is 12.4 Å². The molecule has 1 atom stereocenters. The first-order valence-corrected chi connectivity index (χ1v) is 6.08. The van der Waals surface area contributed by atoms with E-state index in [0.717, 1.165) is 37.5 Å². The topological polar surface area (TPSA) is 41.6 Å². The summed E-state index contributed by atoms with van der Waals surface area (Å²) in [6.07, 6.45) is 0.393. The van der Waals surface area contributed by atoms with E-state index in [1.54, 1.807) is 0 Å². The van der Waals surface area contributed by atoms with Crippen LogP contribution in [0.4, 0.5) is 0 Å². The lowest BCUT2D eigenvalue weighted by Crippen LogP contribution is -2.50. The molecule has 3 rings (SSSR count). The molecule has 0 aromatic heterocycles. The number of amides is 1. The van der Waals surface area contributed by atoms with Crippen LogP contribution in [0.3, 0.4) is 0 Å². The maximum absolute atomic E-state index is 12.2. The molecule has 0 aliphatic carbocycles. The molecule has 2 aliphatic heterocycles. The third-order valence-electron chi connectivity index (χ3n) is 3.35. The van der Waals surface area contributed by atoms with Gasteiger partial charge in [0, 0.05) is 32.6 Å². The zero-order valence-corrected chi connectivity index (χ0v) is 10.9. The van der Waals surface area contributed by atoms with Crippen molar-refractivity contribution < 1.29 is 9.53 Å². The molecule has 1 fully saturated rings. The van der Waals surface area contributed by atoms with Crippen LogP contribution in [0.15, 0.2) is 24.3 Å². The van der Waals surface area contributed by atoms with E-state index in [1.165, 1.54) is 0 Å². The number of rotatable bonds is 1. The number of benzene rings is 1. The Labute approximate surface area is 113 Å². The minimum atomic E-state index is -0.314. The standard InChI is InChI=1S/C13H16N2O2.ClH/c16-13(15-7-5-14-6-8-15)12-9-10-3-1-2-4-11(10)17-12;/h1-4,12,14H,5-9H2;1H. The summed E-state index contributed by atoms with van der Waals surface area (Å²) in [5.41, 5.74) is 1.14. The molecule has 18 heavy (non-hydrogen) atoms. The number of carbonyl (C=O) groups is 1. The summed E-state index contributed by atoms with van der Waals surface area (Å²) < 4.78 is 5.71. The van der Waals surface area contributed by atoms with Gasteiger partial charge >= 0.3 is 0 Å². The first-order chi connectivity index (χ1) is 8.34. The highest BCUT2D eigenvalue weighted by Crippen LogP contribution is 2.28. The van der Waals surface area contributed by atoms with E-state index < -0.39 is 0 Å². The van der Waals surface area contributed by atoms with Gasteiger partial charge in [-0.3, -0.25) is 4.79 Å². The molecule has 2 aliphatic rings. The molecule has 1 amide bonds. The largest absolute Gasteiger partial charge is 0.480 e. The highest BCUT2D eigenvalue weighted by molar-refractivity contribution is 5.85. The van der Waals surface area contributed by atoms with Crippen LogP contribution in [-0.2, 0) is 11.2 Å². The van der Waals surface area contributed by atoms with Crippen molar-refractivity contribution in [1.29, 1.82) is 0 Å². The number of fused-ring (bicyclic) bond motifs is 1. The average Bonchev–Trinajstić information content (AvgIpc) is 2.82. The van der Waals surface area contributed by atoms with Gasteiger partial charge < -0.3 is 15.0 Å². The van der Waals surface area contributed by atoms with Gasteiger partial charge in [-0.2, -0.15) is 0 Å². The molecule has 1 N–H and O–H groups in total. The number of para-hydroxylation sites is 1. The molecule has 0 bridgehead atoms. The van der Waals surface area contributed by atoms with Gasteiger partial charge in [-0.05, 0) is 11.6 Å². The number of nitrogens with one attached hydrogen (secondary N) is 1. The second kappa shape index (κ2) is 5.59. The predicted octanol–water partition coefficient (Wildman–Crippen LogP) is 0.844. The Morgan fingerprint density at radius 1 is 1.28 bits per heavy atom. The third-order valence-corrected chi connectivity index (χ3v) is 3.35. The molecule has 5 heteroatoms. The minimum Gasteiger partial charge on any atom is -0.480 e. The number of nitrogens with zero attached hydrogens (tertiary/aromatic N) is 1. The number of carbonyl (C=O) groups excluding carboxylic acids is 1. The van der Waals surface area contributed by atoms with Gasteiger partial charge in [0.2, 0.25) is 0 Å². The van der Waals surface area contributed by atoms with E-state index in [0.29, 0.717) is 6.42 Å². The van der Waals surface area contributed by atoms with Crippen molar-refractivity contribution in [2.75, 3.05) is 26.2 Å². The van der Waals surface area contributed by atoms with Crippen molar-refractivity contribution in [1.82, 2.24) is 10.2 Å². The van der Waals surface area contributed by atoms with Crippen LogP contribution in [0.5, 0.6) is 5.75 Å². The fourth-order valence-electron chi connectivity index (χ4n) is 2.41. The lowest BCUT2D eigenvalue weighted by molar-refractivity contribution is -0.138. The highest BCUT2D eigenvalue weighted by Gasteiger charge is 2.32. The Morgan fingerprint density at radius 3 is 2.72 bits per heavy atom. The monoisotopic (exact) mass is 268 g/mol. The fraction of sp³-hybridized carbons (Fsp3) is 0.462. The van der Waals surface area contributed by atoms with E-state index in [4.69, 9.17) is 4.74 Å². The molecular formula is C13H17ClN2O2. The molecule has 1 aromatic rings. The van der Waals surface area contributed by atoms with Crippen LogP contribution in [0, 0.1) is 0 Å². The maximum Gasteiger partial charge on any atom is 0.264 e. The SMILES string of the molecule is Cl.O=C(C1Cc2ccccc2O1)N1CCNCC1. The zero-order valence-electron chi connectivity index (χ0n) is 10.1. The minimum absolute atomic E-state index is 0. The van der Waals surface area contributed by atoms with E-state index in [9.17, 15) is 4.79 Å². The summed E-state index contributed by atoms with van der Waals surface area (Å²) >= 11 is 0. The van der Waals surface area contributed by atoms with Gasteiger partial charge in [-0.1, -0.05) is 18.2 Å². The van der Waals surface area contributed by atoms with E-state index in [1.807, 2.05) is 29.2 Å². The Morgan fingerprint density at radius 2 is 2.00 bits per heavy atom.